The van der Waals surface area contributed by atoms with Crippen molar-refractivity contribution in [1.82, 2.24) is 9.88 Å². The molecule has 2 amide bonds. The monoisotopic (exact) mass is 403 g/mol. The van der Waals surface area contributed by atoms with Crippen molar-refractivity contribution < 1.29 is 13.6 Å². The Labute approximate surface area is 172 Å². The van der Waals surface area contributed by atoms with Crippen molar-refractivity contribution in [2.75, 3.05) is 11.9 Å². The van der Waals surface area contributed by atoms with E-state index in [1.165, 1.54) is 24.3 Å². The first-order chi connectivity index (χ1) is 14.6. The third-order valence-electron chi connectivity index (χ3n) is 5.60. The second kappa shape index (κ2) is 7.30. The molecule has 4 nitrogen and oxygen atoms in total. The van der Waals surface area contributed by atoms with Crippen molar-refractivity contribution in [3.63, 3.8) is 0 Å². The zero-order chi connectivity index (χ0) is 20.7. The number of urea groups is 1. The van der Waals surface area contributed by atoms with E-state index in [1.54, 1.807) is 29.2 Å². The Kier molecular flexibility index (Phi) is 4.47. The molecule has 1 atom stereocenters. The molecule has 0 saturated carbocycles. The highest BCUT2D eigenvalue weighted by molar-refractivity contribution is 5.91. The molecule has 2 N–H and O–H groups in total. The molecular formula is C24H19F2N3O. The van der Waals surface area contributed by atoms with Crippen LogP contribution in [0.4, 0.5) is 19.3 Å². The lowest BCUT2D eigenvalue weighted by Gasteiger charge is -2.36. The lowest BCUT2D eigenvalue weighted by molar-refractivity contribution is 0.193. The third kappa shape index (κ3) is 3.10. The van der Waals surface area contributed by atoms with Crippen LogP contribution in [-0.4, -0.2) is 22.5 Å². The van der Waals surface area contributed by atoms with Crippen LogP contribution in [0.1, 0.15) is 22.9 Å². The van der Waals surface area contributed by atoms with Crippen LogP contribution in [0.15, 0.2) is 72.8 Å². The Morgan fingerprint density at radius 2 is 1.70 bits per heavy atom. The van der Waals surface area contributed by atoms with Gasteiger partial charge in [-0.25, -0.2) is 13.6 Å². The highest BCUT2D eigenvalue weighted by atomic mass is 19.1. The van der Waals surface area contributed by atoms with Crippen LogP contribution < -0.4 is 5.32 Å². The van der Waals surface area contributed by atoms with Gasteiger partial charge >= 0.3 is 6.03 Å². The quantitative estimate of drug-likeness (QED) is 0.448. The van der Waals surface area contributed by atoms with Gasteiger partial charge in [0.1, 0.15) is 11.6 Å². The third-order valence-corrected chi connectivity index (χ3v) is 5.60. The lowest BCUT2D eigenvalue weighted by atomic mass is 9.92. The van der Waals surface area contributed by atoms with Crippen molar-refractivity contribution in [2.45, 2.75) is 12.5 Å². The van der Waals surface area contributed by atoms with Gasteiger partial charge < -0.3 is 15.2 Å². The van der Waals surface area contributed by atoms with E-state index in [0.717, 1.165) is 27.7 Å². The summed E-state index contributed by atoms with van der Waals surface area (Å²) in [5.74, 6) is -0.832. The Bertz CT molecular complexity index is 1230. The number of anilines is 1. The number of nitrogens with zero attached hydrogens (tertiary/aromatic N) is 1. The van der Waals surface area contributed by atoms with Gasteiger partial charge in [0, 0.05) is 23.1 Å². The molecule has 0 bridgehead atoms. The van der Waals surface area contributed by atoms with Crippen LogP contribution in [0, 0.1) is 11.6 Å². The minimum absolute atomic E-state index is 0.128. The molecule has 3 aromatic carbocycles. The van der Waals surface area contributed by atoms with Crippen LogP contribution in [0.2, 0.25) is 0 Å². The molecule has 2 heterocycles. The van der Waals surface area contributed by atoms with Gasteiger partial charge in [0.2, 0.25) is 0 Å². The largest absolute Gasteiger partial charge is 0.356 e. The average molecular weight is 403 g/mol. The zero-order valence-corrected chi connectivity index (χ0v) is 16.0. The second-order valence-corrected chi connectivity index (χ2v) is 7.37. The first-order valence-corrected chi connectivity index (χ1v) is 9.79. The smallest absolute Gasteiger partial charge is 0.322 e. The molecule has 0 fully saturated rings. The van der Waals surface area contributed by atoms with Crippen LogP contribution in [0.3, 0.4) is 0 Å². The molecule has 1 aliphatic heterocycles. The predicted molar refractivity (Wildman–Crippen MR) is 112 cm³/mol. The van der Waals surface area contributed by atoms with Gasteiger partial charge in [-0.2, -0.15) is 0 Å². The first kappa shape index (κ1) is 18.4. The van der Waals surface area contributed by atoms with Gasteiger partial charge in [-0.05, 0) is 47.9 Å². The van der Waals surface area contributed by atoms with Crippen molar-refractivity contribution >= 4 is 22.6 Å². The minimum Gasteiger partial charge on any atom is -0.356 e. The Morgan fingerprint density at radius 1 is 0.967 bits per heavy atom. The summed E-state index contributed by atoms with van der Waals surface area (Å²) in [4.78, 5) is 18.3. The maximum absolute atomic E-state index is 14.1. The number of aromatic amines is 1. The molecule has 0 spiro atoms. The molecular weight excluding hydrogens is 384 g/mol. The molecule has 5 rings (SSSR count). The molecule has 1 aliphatic rings. The van der Waals surface area contributed by atoms with E-state index in [0.29, 0.717) is 13.0 Å². The number of carbonyl (C=O) groups is 1. The van der Waals surface area contributed by atoms with Gasteiger partial charge in [0.25, 0.3) is 0 Å². The molecule has 6 heteroatoms. The number of H-pyrrole nitrogens is 1. The van der Waals surface area contributed by atoms with E-state index in [4.69, 9.17) is 0 Å². The van der Waals surface area contributed by atoms with E-state index >= 15 is 0 Å². The molecule has 1 unspecified atom stereocenters. The summed E-state index contributed by atoms with van der Waals surface area (Å²) in [7, 11) is 0. The Balaban J connectivity index is 1.59. The normalized spacial score (nSPS) is 15.8. The summed E-state index contributed by atoms with van der Waals surface area (Å²) in [5, 5.41) is 3.80. The van der Waals surface area contributed by atoms with Gasteiger partial charge in [-0.15, -0.1) is 0 Å². The topological polar surface area (TPSA) is 48.1 Å². The fraction of sp³-hybridized carbons (Fsp3) is 0.125. The van der Waals surface area contributed by atoms with Gasteiger partial charge in [-0.3, -0.25) is 0 Å². The highest BCUT2D eigenvalue weighted by Crippen LogP contribution is 2.38. The number of amides is 2. The van der Waals surface area contributed by atoms with Crippen molar-refractivity contribution in [2.24, 2.45) is 0 Å². The maximum Gasteiger partial charge on any atom is 0.322 e. The molecule has 0 radical (unpaired) electrons. The molecule has 30 heavy (non-hydrogen) atoms. The van der Waals surface area contributed by atoms with E-state index in [-0.39, 0.29) is 11.5 Å². The van der Waals surface area contributed by atoms with Crippen molar-refractivity contribution in [3.05, 3.63) is 101 Å². The van der Waals surface area contributed by atoms with E-state index in [2.05, 4.69) is 16.4 Å². The number of carbonyl (C=O) groups excluding carboxylic acids is 1. The molecule has 4 aromatic rings. The fourth-order valence-electron chi connectivity index (χ4n) is 4.20. The number of aromatic nitrogens is 1. The number of hydrogen-bond donors (Lipinski definition) is 2. The second-order valence-electron chi connectivity index (χ2n) is 7.37. The summed E-state index contributed by atoms with van der Waals surface area (Å²) in [6.07, 6.45) is 0.668. The Hall–Kier alpha value is -3.67. The molecule has 150 valence electrons. The van der Waals surface area contributed by atoms with Gasteiger partial charge in [0.15, 0.2) is 0 Å². The predicted octanol–water partition coefficient (Wildman–Crippen LogP) is 5.63. The highest BCUT2D eigenvalue weighted by Gasteiger charge is 2.34. The van der Waals surface area contributed by atoms with Gasteiger partial charge in [-0.1, -0.05) is 42.5 Å². The van der Waals surface area contributed by atoms with Crippen molar-refractivity contribution in [3.8, 4) is 0 Å². The van der Waals surface area contributed by atoms with Crippen molar-refractivity contribution in [1.29, 1.82) is 0 Å². The SMILES string of the molecule is O=C(Nc1ccccc1F)N1CCc2c([nH]c3ccccc23)C1c1ccc(F)cc1. The number of para-hydroxylation sites is 2. The standard InChI is InChI=1S/C24H19F2N3O/c25-16-11-9-15(10-12-16)23-22-18(17-5-1-3-7-20(17)27-22)13-14-29(23)24(30)28-21-8-4-2-6-19(21)26/h1-12,23,27H,13-14H2,(H,28,30). The minimum atomic E-state index is -0.493. The molecule has 1 aromatic heterocycles. The number of halogens is 2. The van der Waals surface area contributed by atoms with Crippen LogP contribution in [-0.2, 0) is 6.42 Å². The molecule has 0 saturated heterocycles. The number of hydrogen-bond acceptors (Lipinski definition) is 1. The summed E-state index contributed by atoms with van der Waals surface area (Å²) < 4.78 is 27.6. The summed E-state index contributed by atoms with van der Waals surface area (Å²) >= 11 is 0. The summed E-state index contributed by atoms with van der Waals surface area (Å²) in [6, 6.07) is 19.4. The molecule has 0 aliphatic carbocycles. The number of benzene rings is 3. The summed E-state index contributed by atoms with van der Waals surface area (Å²) in [5.41, 5.74) is 3.95. The fourth-order valence-corrected chi connectivity index (χ4v) is 4.20. The Morgan fingerprint density at radius 3 is 2.50 bits per heavy atom. The lowest BCUT2D eigenvalue weighted by Crippen LogP contribution is -2.43. The van der Waals surface area contributed by atoms with Crippen LogP contribution in [0.25, 0.3) is 10.9 Å². The zero-order valence-electron chi connectivity index (χ0n) is 16.0. The maximum atomic E-state index is 14.1. The van der Waals surface area contributed by atoms with Crippen LogP contribution >= 0.6 is 0 Å². The number of nitrogens with one attached hydrogen (secondary N) is 2. The van der Waals surface area contributed by atoms with E-state index < -0.39 is 17.9 Å². The van der Waals surface area contributed by atoms with Crippen LogP contribution in [0.5, 0.6) is 0 Å². The number of fused-ring (bicyclic) bond motifs is 3. The van der Waals surface area contributed by atoms with E-state index in [9.17, 15) is 13.6 Å². The van der Waals surface area contributed by atoms with Gasteiger partial charge in [0.05, 0.1) is 11.7 Å². The first-order valence-electron chi connectivity index (χ1n) is 9.79. The number of rotatable bonds is 2. The average Bonchev–Trinajstić information content (AvgIpc) is 3.14. The summed E-state index contributed by atoms with van der Waals surface area (Å²) in [6.45, 7) is 0.456. The van der Waals surface area contributed by atoms with E-state index in [1.807, 2.05) is 18.2 Å².